The first-order chi connectivity index (χ1) is 12.6. The molecule has 1 N–H and O–H groups in total. The summed E-state index contributed by atoms with van der Waals surface area (Å²) in [6.45, 7) is -1.53. The van der Waals surface area contributed by atoms with E-state index in [-0.39, 0.29) is 22.6 Å². The Hall–Kier alpha value is -2.84. The maximum absolute atomic E-state index is 12.8. The van der Waals surface area contributed by atoms with E-state index in [1.165, 1.54) is 38.3 Å². The van der Waals surface area contributed by atoms with Gasteiger partial charge in [-0.25, -0.2) is 0 Å². The predicted octanol–water partition coefficient (Wildman–Crippen LogP) is 4.81. The van der Waals surface area contributed by atoms with Crippen molar-refractivity contribution in [1.82, 2.24) is 5.32 Å². The summed E-state index contributed by atoms with van der Waals surface area (Å²) in [5.41, 5.74) is -0.480. The third-order valence-electron chi connectivity index (χ3n) is 3.70. The number of halogens is 5. The van der Waals surface area contributed by atoms with Crippen molar-refractivity contribution in [3.8, 4) is 11.5 Å². The predicted molar refractivity (Wildman–Crippen MR) is 87.0 cm³/mol. The van der Waals surface area contributed by atoms with Gasteiger partial charge >= 0.3 is 12.8 Å². The van der Waals surface area contributed by atoms with Crippen LogP contribution in [0.1, 0.15) is 34.5 Å². The van der Waals surface area contributed by atoms with Crippen LogP contribution in [0.15, 0.2) is 42.5 Å². The normalized spacial score (nSPS) is 12.6. The van der Waals surface area contributed by atoms with Gasteiger partial charge in [-0.1, -0.05) is 12.1 Å². The standard InChI is InChI=1S/C18H16F5NO3/c1-10(11-4-3-5-13(8-11)18(21,22)23)24-16(25)12-6-7-14(27-17(19)20)15(9-12)26-2/h3-10,17H,1-2H3,(H,24,25). The van der Waals surface area contributed by atoms with Crippen LogP contribution in [0.25, 0.3) is 0 Å². The SMILES string of the molecule is COc1cc(C(=O)NC(C)c2cccc(C(F)(F)F)c2)ccc1OC(F)F. The van der Waals surface area contributed by atoms with Gasteiger partial charge in [-0.15, -0.1) is 0 Å². The summed E-state index contributed by atoms with van der Waals surface area (Å²) in [5, 5.41) is 2.55. The monoisotopic (exact) mass is 389 g/mol. The molecule has 0 radical (unpaired) electrons. The van der Waals surface area contributed by atoms with Crippen LogP contribution in [-0.4, -0.2) is 19.6 Å². The lowest BCUT2D eigenvalue weighted by atomic mass is 10.0. The number of carbonyl (C=O) groups is 1. The van der Waals surface area contributed by atoms with Crippen molar-refractivity contribution in [2.24, 2.45) is 0 Å². The summed E-state index contributed by atoms with van der Waals surface area (Å²) in [4.78, 5) is 12.3. The van der Waals surface area contributed by atoms with Crippen molar-refractivity contribution in [3.63, 3.8) is 0 Å². The molecular weight excluding hydrogens is 373 g/mol. The van der Waals surface area contributed by atoms with Gasteiger partial charge in [-0.2, -0.15) is 22.0 Å². The Balaban J connectivity index is 2.17. The Kier molecular flexibility index (Phi) is 6.24. The van der Waals surface area contributed by atoms with Crippen LogP contribution in [0, 0.1) is 0 Å². The second-order valence-corrected chi connectivity index (χ2v) is 5.56. The number of alkyl halides is 5. The lowest BCUT2D eigenvalue weighted by molar-refractivity contribution is -0.137. The number of hydrogen-bond acceptors (Lipinski definition) is 3. The number of amides is 1. The van der Waals surface area contributed by atoms with Gasteiger partial charge in [0.05, 0.1) is 18.7 Å². The van der Waals surface area contributed by atoms with Crippen LogP contribution in [-0.2, 0) is 6.18 Å². The molecule has 4 nitrogen and oxygen atoms in total. The summed E-state index contributed by atoms with van der Waals surface area (Å²) in [6, 6.07) is 7.47. The highest BCUT2D eigenvalue weighted by Gasteiger charge is 2.30. The topological polar surface area (TPSA) is 47.6 Å². The first-order valence-electron chi connectivity index (χ1n) is 7.72. The number of methoxy groups -OCH3 is 1. The van der Waals surface area contributed by atoms with E-state index in [2.05, 4.69) is 10.1 Å². The third-order valence-corrected chi connectivity index (χ3v) is 3.70. The fourth-order valence-corrected chi connectivity index (χ4v) is 2.35. The molecule has 1 unspecified atom stereocenters. The molecule has 146 valence electrons. The van der Waals surface area contributed by atoms with Gasteiger partial charge in [0.25, 0.3) is 5.91 Å². The minimum Gasteiger partial charge on any atom is -0.493 e. The van der Waals surface area contributed by atoms with E-state index >= 15 is 0 Å². The second kappa shape index (κ2) is 8.24. The maximum atomic E-state index is 12.8. The smallest absolute Gasteiger partial charge is 0.416 e. The van der Waals surface area contributed by atoms with Crippen LogP contribution >= 0.6 is 0 Å². The second-order valence-electron chi connectivity index (χ2n) is 5.56. The van der Waals surface area contributed by atoms with Crippen LogP contribution < -0.4 is 14.8 Å². The van der Waals surface area contributed by atoms with Gasteiger partial charge in [0.15, 0.2) is 11.5 Å². The molecule has 0 aromatic heterocycles. The van der Waals surface area contributed by atoms with Crippen LogP contribution in [0.2, 0.25) is 0 Å². The summed E-state index contributed by atoms with van der Waals surface area (Å²) in [6.07, 6.45) is -4.49. The fraction of sp³-hybridized carbons (Fsp3) is 0.278. The largest absolute Gasteiger partial charge is 0.493 e. The number of carbonyl (C=O) groups excluding carboxylic acids is 1. The number of ether oxygens (including phenoxy) is 2. The zero-order chi connectivity index (χ0) is 20.2. The minimum atomic E-state index is -4.49. The average molecular weight is 389 g/mol. The number of rotatable bonds is 6. The average Bonchev–Trinajstić information content (AvgIpc) is 2.60. The number of nitrogens with one attached hydrogen (secondary N) is 1. The number of hydrogen-bond donors (Lipinski definition) is 1. The van der Waals surface area contributed by atoms with Crippen molar-refractivity contribution in [2.75, 3.05) is 7.11 Å². The van der Waals surface area contributed by atoms with Crippen LogP contribution in [0.3, 0.4) is 0 Å². The van der Waals surface area contributed by atoms with E-state index in [0.717, 1.165) is 18.2 Å². The molecule has 0 spiro atoms. The minimum absolute atomic E-state index is 0.0744. The van der Waals surface area contributed by atoms with Gasteiger partial charge in [0, 0.05) is 5.56 Å². The number of benzene rings is 2. The van der Waals surface area contributed by atoms with E-state index in [1.807, 2.05) is 0 Å². The van der Waals surface area contributed by atoms with Crippen molar-refractivity contribution in [3.05, 3.63) is 59.2 Å². The summed E-state index contributed by atoms with van der Waals surface area (Å²) in [5.74, 6) is -0.925. The van der Waals surface area contributed by atoms with Gasteiger partial charge in [-0.05, 0) is 42.8 Å². The van der Waals surface area contributed by atoms with Crippen molar-refractivity contribution in [2.45, 2.75) is 25.8 Å². The van der Waals surface area contributed by atoms with Crippen molar-refractivity contribution < 1.29 is 36.2 Å². The molecule has 9 heteroatoms. The Labute approximate surface area is 151 Å². The quantitative estimate of drug-likeness (QED) is 0.722. The molecular formula is C18H16F5NO3. The van der Waals surface area contributed by atoms with E-state index in [9.17, 15) is 26.7 Å². The first kappa shape index (κ1) is 20.5. The highest BCUT2D eigenvalue weighted by atomic mass is 19.4. The van der Waals surface area contributed by atoms with E-state index in [0.29, 0.717) is 0 Å². The Morgan fingerprint density at radius 1 is 1.07 bits per heavy atom. The molecule has 0 bridgehead atoms. The van der Waals surface area contributed by atoms with Gasteiger partial charge < -0.3 is 14.8 Å². The van der Waals surface area contributed by atoms with Crippen LogP contribution in [0.5, 0.6) is 11.5 Å². The lowest BCUT2D eigenvalue weighted by Gasteiger charge is -2.17. The van der Waals surface area contributed by atoms with E-state index < -0.39 is 30.3 Å². The van der Waals surface area contributed by atoms with Crippen LogP contribution in [0.4, 0.5) is 22.0 Å². The molecule has 0 saturated heterocycles. The summed E-state index contributed by atoms with van der Waals surface area (Å²) in [7, 11) is 1.22. The molecule has 27 heavy (non-hydrogen) atoms. The highest BCUT2D eigenvalue weighted by Crippen LogP contribution is 2.31. The molecule has 1 atom stereocenters. The Morgan fingerprint density at radius 2 is 1.78 bits per heavy atom. The van der Waals surface area contributed by atoms with Crippen molar-refractivity contribution in [1.29, 1.82) is 0 Å². The van der Waals surface area contributed by atoms with E-state index in [4.69, 9.17) is 4.74 Å². The maximum Gasteiger partial charge on any atom is 0.416 e. The zero-order valence-electron chi connectivity index (χ0n) is 14.3. The highest BCUT2D eigenvalue weighted by molar-refractivity contribution is 5.95. The van der Waals surface area contributed by atoms with E-state index in [1.54, 1.807) is 0 Å². The van der Waals surface area contributed by atoms with Gasteiger partial charge in [-0.3, -0.25) is 4.79 Å². The first-order valence-corrected chi connectivity index (χ1v) is 7.72. The summed E-state index contributed by atoms with van der Waals surface area (Å²) >= 11 is 0. The Bertz CT molecular complexity index is 808. The molecule has 1 amide bonds. The third kappa shape index (κ3) is 5.32. The van der Waals surface area contributed by atoms with Gasteiger partial charge in [0.1, 0.15) is 0 Å². The fourth-order valence-electron chi connectivity index (χ4n) is 2.35. The molecule has 0 aliphatic carbocycles. The molecule has 0 aliphatic heterocycles. The van der Waals surface area contributed by atoms with Gasteiger partial charge in [0.2, 0.25) is 0 Å². The molecule has 0 fully saturated rings. The molecule has 2 aromatic carbocycles. The van der Waals surface area contributed by atoms with Crippen molar-refractivity contribution >= 4 is 5.91 Å². The zero-order valence-corrected chi connectivity index (χ0v) is 14.3. The Morgan fingerprint density at radius 3 is 2.37 bits per heavy atom. The molecule has 2 aromatic rings. The lowest BCUT2D eigenvalue weighted by Crippen LogP contribution is -2.27. The molecule has 0 saturated carbocycles. The molecule has 0 aliphatic rings. The molecule has 0 heterocycles. The summed E-state index contributed by atoms with van der Waals surface area (Å²) < 4.78 is 72.3. The molecule has 2 rings (SSSR count).